The highest BCUT2D eigenvalue weighted by Gasteiger charge is 2.42. The van der Waals surface area contributed by atoms with E-state index in [4.69, 9.17) is 0 Å². The normalized spacial score (nSPS) is 15.4. The van der Waals surface area contributed by atoms with Gasteiger partial charge >= 0.3 is 12.1 Å². The van der Waals surface area contributed by atoms with E-state index >= 15 is 0 Å². The minimum Gasteiger partial charge on any atom is -0.466 e. The number of ether oxygens (including phenoxy) is 1. The van der Waals surface area contributed by atoms with Crippen LogP contribution >= 0.6 is 0 Å². The maximum Gasteiger partial charge on any atom is 0.409 e. The lowest BCUT2D eigenvalue weighted by atomic mass is 9.85. The van der Waals surface area contributed by atoms with Gasteiger partial charge in [-0.2, -0.15) is 13.2 Å². The molecule has 0 aliphatic heterocycles. The zero-order valence-electron chi connectivity index (χ0n) is 14.8. The Hall–Kier alpha value is -2.58. The van der Waals surface area contributed by atoms with Crippen LogP contribution in [0.1, 0.15) is 43.0 Å². The number of anilines is 1. The number of benzene rings is 1. The minimum absolute atomic E-state index is 0.0107. The van der Waals surface area contributed by atoms with Gasteiger partial charge in [0.25, 0.3) is 5.91 Å². The molecule has 9 heteroatoms. The standard InChI is InChI=1S/C18H21F3N2O4/c1-2-27-15(24)10-14(18(19,20)21)23-17(26)12-6-8-13(9-7-12)22-16(25)11-4-3-5-11/h6-9,11,14H,2-5,10H2,1H3,(H,22,25)(H,23,26)/t14-/m0/s1. The Bertz CT molecular complexity index is 685. The molecule has 0 bridgehead atoms. The summed E-state index contributed by atoms with van der Waals surface area (Å²) >= 11 is 0. The topological polar surface area (TPSA) is 84.5 Å². The molecule has 1 aliphatic carbocycles. The molecule has 1 saturated carbocycles. The highest BCUT2D eigenvalue weighted by atomic mass is 19.4. The summed E-state index contributed by atoms with van der Waals surface area (Å²) in [4.78, 5) is 35.3. The molecule has 2 N–H and O–H groups in total. The lowest BCUT2D eigenvalue weighted by Gasteiger charge is -2.24. The summed E-state index contributed by atoms with van der Waals surface area (Å²) in [6.45, 7) is 1.43. The quantitative estimate of drug-likeness (QED) is 0.706. The maximum atomic E-state index is 13.0. The van der Waals surface area contributed by atoms with Gasteiger partial charge < -0.3 is 15.4 Å². The van der Waals surface area contributed by atoms with Crippen LogP contribution in [0.4, 0.5) is 18.9 Å². The fourth-order valence-electron chi connectivity index (χ4n) is 2.50. The zero-order chi connectivity index (χ0) is 20.0. The molecule has 1 aliphatic rings. The van der Waals surface area contributed by atoms with Gasteiger partial charge in [0.05, 0.1) is 13.0 Å². The molecule has 0 heterocycles. The molecule has 0 aromatic heterocycles. The van der Waals surface area contributed by atoms with Crippen molar-refractivity contribution >= 4 is 23.5 Å². The van der Waals surface area contributed by atoms with Crippen molar-refractivity contribution in [1.29, 1.82) is 0 Å². The third-order valence-electron chi connectivity index (χ3n) is 4.27. The lowest BCUT2D eigenvalue weighted by Crippen LogP contribution is -2.46. The first-order valence-electron chi connectivity index (χ1n) is 8.64. The number of nitrogens with one attached hydrogen (secondary N) is 2. The molecular weight excluding hydrogens is 365 g/mol. The number of halogens is 3. The smallest absolute Gasteiger partial charge is 0.409 e. The van der Waals surface area contributed by atoms with Gasteiger partial charge in [-0.3, -0.25) is 14.4 Å². The van der Waals surface area contributed by atoms with E-state index in [-0.39, 0.29) is 24.0 Å². The first kappa shape index (κ1) is 20.7. The fourth-order valence-corrected chi connectivity index (χ4v) is 2.50. The highest BCUT2D eigenvalue weighted by Crippen LogP contribution is 2.27. The SMILES string of the molecule is CCOC(=O)C[C@H](NC(=O)c1ccc(NC(=O)C2CCC2)cc1)C(F)(F)F. The van der Waals surface area contributed by atoms with Gasteiger partial charge in [-0.25, -0.2) is 0 Å². The summed E-state index contributed by atoms with van der Waals surface area (Å²) in [7, 11) is 0. The van der Waals surface area contributed by atoms with Crippen LogP contribution in [0.25, 0.3) is 0 Å². The molecule has 2 rings (SSSR count). The third kappa shape index (κ3) is 5.97. The number of carbonyl (C=O) groups is 3. The molecule has 0 saturated heterocycles. The molecule has 6 nitrogen and oxygen atoms in total. The van der Waals surface area contributed by atoms with Crippen LogP contribution in [0.2, 0.25) is 0 Å². The van der Waals surface area contributed by atoms with Gasteiger partial charge in [-0.1, -0.05) is 6.42 Å². The number of hydrogen-bond donors (Lipinski definition) is 2. The number of carbonyl (C=O) groups excluding carboxylic acids is 3. The molecule has 148 valence electrons. The number of hydrogen-bond acceptors (Lipinski definition) is 4. The number of esters is 1. The number of alkyl halides is 3. The predicted octanol–water partition coefficient (Wildman–Crippen LogP) is 3.04. The minimum atomic E-state index is -4.79. The van der Waals surface area contributed by atoms with E-state index < -0.39 is 30.5 Å². The second kappa shape index (κ2) is 8.88. The van der Waals surface area contributed by atoms with Crippen molar-refractivity contribution in [3.8, 4) is 0 Å². The Morgan fingerprint density at radius 3 is 2.30 bits per heavy atom. The average molecular weight is 386 g/mol. The van der Waals surface area contributed by atoms with E-state index in [2.05, 4.69) is 10.1 Å². The molecule has 1 atom stereocenters. The van der Waals surface area contributed by atoms with Gasteiger partial charge in [0, 0.05) is 17.2 Å². The Morgan fingerprint density at radius 2 is 1.81 bits per heavy atom. The van der Waals surface area contributed by atoms with E-state index in [0.29, 0.717) is 5.69 Å². The van der Waals surface area contributed by atoms with Crippen molar-refractivity contribution in [2.75, 3.05) is 11.9 Å². The van der Waals surface area contributed by atoms with E-state index in [1.54, 1.807) is 0 Å². The highest BCUT2D eigenvalue weighted by molar-refractivity contribution is 5.96. The molecule has 1 fully saturated rings. The van der Waals surface area contributed by atoms with Crippen molar-refractivity contribution in [1.82, 2.24) is 5.32 Å². The molecule has 0 spiro atoms. The van der Waals surface area contributed by atoms with Gasteiger partial charge in [0.1, 0.15) is 6.04 Å². The second-order valence-electron chi connectivity index (χ2n) is 6.27. The van der Waals surface area contributed by atoms with Crippen LogP contribution < -0.4 is 10.6 Å². The van der Waals surface area contributed by atoms with Crippen LogP contribution in [0.15, 0.2) is 24.3 Å². The van der Waals surface area contributed by atoms with Crippen molar-refractivity contribution in [3.63, 3.8) is 0 Å². The first-order chi connectivity index (χ1) is 12.7. The van der Waals surface area contributed by atoms with Crippen LogP contribution in [0, 0.1) is 5.92 Å². The molecule has 2 amide bonds. The largest absolute Gasteiger partial charge is 0.466 e. The van der Waals surface area contributed by atoms with E-state index in [9.17, 15) is 27.6 Å². The van der Waals surface area contributed by atoms with Gasteiger partial charge in [0.2, 0.25) is 5.91 Å². The lowest BCUT2D eigenvalue weighted by molar-refractivity contribution is -0.167. The zero-order valence-corrected chi connectivity index (χ0v) is 14.8. The Balaban J connectivity index is 1.97. The van der Waals surface area contributed by atoms with Crippen molar-refractivity contribution in [2.45, 2.75) is 44.8 Å². The van der Waals surface area contributed by atoms with Crippen LogP contribution in [0.5, 0.6) is 0 Å². The molecule has 1 aromatic carbocycles. The van der Waals surface area contributed by atoms with Gasteiger partial charge in [-0.15, -0.1) is 0 Å². The summed E-state index contributed by atoms with van der Waals surface area (Å²) in [5.41, 5.74) is 0.442. The maximum absolute atomic E-state index is 13.0. The van der Waals surface area contributed by atoms with E-state index in [1.165, 1.54) is 31.2 Å². The van der Waals surface area contributed by atoms with Crippen molar-refractivity contribution in [2.24, 2.45) is 5.92 Å². The summed E-state index contributed by atoms with van der Waals surface area (Å²) in [5, 5.41) is 4.51. The predicted molar refractivity (Wildman–Crippen MR) is 91.0 cm³/mol. The monoisotopic (exact) mass is 386 g/mol. The molecule has 1 aromatic rings. The van der Waals surface area contributed by atoms with Crippen LogP contribution in [-0.2, 0) is 14.3 Å². The van der Waals surface area contributed by atoms with Gasteiger partial charge in [-0.05, 0) is 44.0 Å². The second-order valence-corrected chi connectivity index (χ2v) is 6.27. The van der Waals surface area contributed by atoms with Gasteiger partial charge in [0.15, 0.2) is 0 Å². The summed E-state index contributed by atoms with van der Waals surface area (Å²) in [5.74, 6) is -2.14. The summed E-state index contributed by atoms with van der Waals surface area (Å²) < 4.78 is 43.7. The molecule has 0 unspecified atom stereocenters. The number of rotatable bonds is 7. The fraction of sp³-hybridized carbons (Fsp3) is 0.500. The summed E-state index contributed by atoms with van der Waals surface area (Å²) in [6.07, 6.45) is -3.10. The molecule has 0 radical (unpaired) electrons. The Morgan fingerprint density at radius 1 is 1.19 bits per heavy atom. The van der Waals surface area contributed by atoms with E-state index in [1.807, 2.05) is 5.32 Å². The summed E-state index contributed by atoms with van der Waals surface area (Å²) in [6, 6.07) is 3.16. The van der Waals surface area contributed by atoms with Crippen LogP contribution in [0.3, 0.4) is 0 Å². The van der Waals surface area contributed by atoms with Crippen molar-refractivity contribution in [3.05, 3.63) is 29.8 Å². The molecular formula is C18H21F3N2O4. The Kier molecular flexibility index (Phi) is 6.81. The molecule has 27 heavy (non-hydrogen) atoms. The first-order valence-corrected chi connectivity index (χ1v) is 8.64. The average Bonchev–Trinajstić information content (AvgIpc) is 2.52. The van der Waals surface area contributed by atoms with E-state index in [0.717, 1.165) is 19.3 Å². The number of amides is 2. The van der Waals surface area contributed by atoms with Crippen molar-refractivity contribution < 1.29 is 32.3 Å². The third-order valence-corrected chi connectivity index (χ3v) is 4.27. The Labute approximate surface area is 154 Å². The van der Waals surface area contributed by atoms with Crippen LogP contribution in [-0.4, -0.2) is 36.6 Å².